The van der Waals surface area contributed by atoms with Crippen LogP contribution in [0.1, 0.15) is 25.8 Å². The average Bonchev–Trinajstić information content (AvgIpc) is 2.36. The van der Waals surface area contributed by atoms with Gasteiger partial charge in [0.05, 0.1) is 0 Å². The molecule has 1 aliphatic rings. The van der Waals surface area contributed by atoms with Crippen LogP contribution in [-0.4, -0.2) is 30.1 Å². The lowest BCUT2D eigenvalue weighted by atomic mass is 10.0. The molecule has 0 aliphatic carbocycles. The van der Waals surface area contributed by atoms with Gasteiger partial charge in [-0.3, -0.25) is 4.79 Å². The number of aromatic hydroxyl groups is 1. The SMILES string of the molecule is CC(C(=O)NC(C)CCc1ccc(O)cc1)=C1CNC1. The van der Waals surface area contributed by atoms with Crippen LogP contribution in [0.15, 0.2) is 35.4 Å². The summed E-state index contributed by atoms with van der Waals surface area (Å²) in [6, 6.07) is 7.35. The van der Waals surface area contributed by atoms with Gasteiger partial charge in [0.15, 0.2) is 0 Å². The third-order valence-electron chi connectivity index (χ3n) is 3.73. The Bertz CT molecular complexity index is 500. The molecule has 1 saturated heterocycles. The van der Waals surface area contributed by atoms with E-state index >= 15 is 0 Å². The van der Waals surface area contributed by atoms with Crippen LogP contribution in [0.2, 0.25) is 0 Å². The molecule has 108 valence electrons. The number of carbonyl (C=O) groups excluding carboxylic acids is 1. The molecule has 4 nitrogen and oxygen atoms in total. The Balaban J connectivity index is 1.79. The summed E-state index contributed by atoms with van der Waals surface area (Å²) in [5.41, 5.74) is 3.22. The zero-order valence-corrected chi connectivity index (χ0v) is 12.1. The van der Waals surface area contributed by atoms with Crippen molar-refractivity contribution < 1.29 is 9.90 Å². The number of hydrogen-bond acceptors (Lipinski definition) is 3. The van der Waals surface area contributed by atoms with E-state index < -0.39 is 0 Å². The predicted molar refractivity (Wildman–Crippen MR) is 79.6 cm³/mol. The van der Waals surface area contributed by atoms with E-state index in [9.17, 15) is 9.90 Å². The molecule has 0 spiro atoms. The second kappa shape index (κ2) is 6.57. The minimum absolute atomic E-state index is 0.0414. The second-order valence-corrected chi connectivity index (χ2v) is 5.41. The summed E-state index contributed by atoms with van der Waals surface area (Å²) >= 11 is 0. The molecule has 1 aromatic carbocycles. The van der Waals surface area contributed by atoms with E-state index in [4.69, 9.17) is 0 Å². The predicted octanol–water partition coefficient (Wildman–Crippen LogP) is 1.75. The van der Waals surface area contributed by atoms with E-state index in [2.05, 4.69) is 10.6 Å². The molecule has 2 rings (SSSR count). The number of phenolic OH excluding ortho intramolecular Hbond substituents is 1. The van der Waals surface area contributed by atoms with Crippen molar-refractivity contribution in [3.63, 3.8) is 0 Å². The number of hydrogen-bond donors (Lipinski definition) is 3. The lowest BCUT2D eigenvalue weighted by molar-refractivity contribution is -0.118. The Hall–Kier alpha value is -1.81. The molecule has 1 unspecified atom stereocenters. The third-order valence-corrected chi connectivity index (χ3v) is 3.73. The summed E-state index contributed by atoms with van der Waals surface area (Å²) in [6.45, 7) is 5.58. The maximum atomic E-state index is 12.0. The molecule has 1 heterocycles. The Morgan fingerprint density at radius 1 is 1.35 bits per heavy atom. The Morgan fingerprint density at radius 3 is 2.55 bits per heavy atom. The summed E-state index contributed by atoms with van der Waals surface area (Å²) in [7, 11) is 0. The standard InChI is InChI=1S/C16H22N2O2/c1-11(3-4-13-5-7-15(19)8-6-13)18-16(20)12(2)14-9-17-10-14/h5-8,11,17,19H,3-4,9-10H2,1-2H3,(H,18,20). The van der Waals surface area contributed by atoms with Gasteiger partial charge in [-0.25, -0.2) is 0 Å². The summed E-state index contributed by atoms with van der Waals surface area (Å²) in [4.78, 5) is 12.0. The summed E-state index contributed by atoms with van der Waals surface area (Å²) < 4.78 is 0. The highest BCUT2D eigenvalue weighted by Gasteiger charge is 2.17. The highest BCUT2D eigenvalue weighted by atomic mass is 16.3. The van der Waals surface area contributed by atoms with Gasteiger partial charge in [-0.2, -0.15) is 0 Å². The van der Waals surface area contributed by atoms with Gasteiger partial charge in [-0.1, -0.05) is 12.1 Å². The lowest BCUT2D eigenvalue weighted by Crippen LogP contribution is -2.39. The van der Waals surface area contributed by atoms with Gasteiger partial charge < -0.3 is 15.7 Å². The summed E-state index contributed by atoms with van der Waals surface area (Å²) in [5, 5.41) is 15.4. The number of carbonyl (C=O) groups is 1. The monoisotopic (exact) mass is 274 g/mol. The van der Waals surface area contributed by atoms with Crippen molar-refractivity contribution in [3.8, 4) is 5.75 Å². The van der Waals surface area contributed by atoms with E-state index in [0.717, 1.165) is 31.5 Å². The average molecular weight is 274 g/mol. The van der Waals surface area contributed by atoms with Crippen molar-refractivity contribution in [1.29, 1.82) is 0 Å². The quantitative estimate of drug-likeness (QED) is 0.717. The first-order valence-corrected chi connectivity index (χ1v) is 7.04. The van der Waals surface area contributed by atoms with E-state index in [1.165, 1.54) is 11.1 Å². The van der Waals surface area contributed by atoms with Gasteiger partial charge in [0.2, 0.25) is 5.91 Å². The molecule has 0 bridgehead atoms. The summed E-state index contributed by atoms with van der Waals surface area (Å²) in [5.74, 6) is 0.325. The largest absolute Gasteiger partial charge is 0.508 e. The Labute approximate surface area is 119 Å². The Morgan fingerprint density at radius 2 is 2.00 bits per heavy atom. The van der Waals surface area contributed by atoms with E-state index in [1.54, 1.807) is 12.1 Å². The van der Waals surface area contributed by atoms with Crippen LogP contribution in [0, 0.1) is 0 Å². The topological polar surface area (TPSA) is 61.4 Å². The van der Waals surface area contributed by atoms with Crippen LogP contribution in [0.4, 0.5) is 0 Å². The Kier molecular flexibility index (Phi) is 4.79. The lowest BCUT2D eigenvalue weighted by Gasteiger charge is -2.22. The van der Waals surface area contributed by atoms with E-state index in [0.29, 0.717) is 0 Å². The van der Waals surface area contributed by atoms with Crippen LogP contribution >= 0.6 is 0 Å². The van der Waals surface area contributed by atoms with Crippen LogP contribution in [-0.2, 0) is 11.2 Å². The van der Waals surface area contributed by atoms with Gasteiger partial charge >= 0.3 is 0 Å². The maximum absolute atomic E-state index is 12.0. The van der Waals surface area contributed by atoms with Gasteiger partial charge in [0.25, 0.3) is 0 Å². The number of nitrogens with one attached hydrogen (secondary N) is 2. The van der Waals surface area contributed by atoms with E-state index in [-0.39, 0.29) is 17.7 Å². The normalized spacial score (nSPS) is 15.4. The van der Waals surface area contributed by atoms with Crippen LogP contribution in [0.25, 0.3) is 0 Å². The first-order valence-electron chi connectivity index (χ1n) is 7.04. The molecule has 1 amide bonds. The first kappa shape index (κ1) is 14.6. The number of benzene rings is 1. The van der Waals surface area contributed by atoms with Crippen LogP contribution in [0.5, 0.6) is 5.75 Å². The zero-order valence-electron chi connectivity index (χ0n) is 12.1. The van der Waals surface area contributed by atoms with Gasteiger partial charge in [0, 0.05) is 24.7 Å². The van der Waals surface area contributed by atoms with Crippen molar-refractivity contribution in [2.75, 3.05) is 13.1 Å². The fourth-order valence-corrected chi connectivity index (χ4v) is 2.13. The number of aryl methyl sites for hydroxylation is 1. The van der Waals surface area contributed by atoms with Crippen molar-refractivity contribution in [2.45, 2.75) is 32.7 Å². The number of amides is 1. The highest BCUT2D eigenvalue weighted by molar-refractivity contribution is 5.94. The van der Waals surface area contributed by atoms with Gasteiger partial charge in [-0.15, -0.1) is 0 Å². The molecule has 0 saturated carbocycles. The molecule has 0 radical (unpaired) electrons. The molecule has 20 heavy (non-hydrogen) atoms. The first-order chi connectivity index (χ1) is 9.56. The minimum atomic E-state index is 0.0414. The molecular formula is C16H22N2O2. The van der Waals surface area contributed by atoms with Crippen molar-refractivity contribution in [3.05, 3.63) is 41.0 Å². The third kappa shape index (κ3) is 3.84. The molecule has 1 aliphatic heterocycles. The van der Waals surface area contributed by atoms with Gasteiger partial charge in [-0.05, 0) is 50.0 Å². The van der Waals surface area contributed by atoms with Gasteiger partial charge in [0.1, 0.15) is 5.75 Å². The van der Waals surface area contributed by atoms with Crippen LogP contribution < -0.4 is 10.6 Å². The smallest absolute Gasteiger partial charge is 0.247 e. The van der Waals surface area contributed by atoms with Crippen molar-refractivity contribution >= 4 is 5.91 Å². The van der Waals surface area contributed by atoms with Crippen molar-refractivity contribution in [2.24, 2.45) is 0 Å². The molecule has 0 aromatic heterocycles. The fourth-order valence-electron chi connectivity index (χ4n) is 2.13. The molecule has 1 fully saturated rings. The second-order valence-electron chi connectivity index (χ2n) is 5.41. The maximum Gasteiger partial charge on any atom is 0.247 e. The minimum Gasteiger partial charge on any atom is -0.508 e. The molecule has 1 aromatic rings. The van der Waals surface area contributed by atoms with E-state index in [1.807, 2.05) is 26.0 Å². The summed E-state index contributed by atoms with van der Waals surface area (Å²) in [6.07, 6.45) is 1.77. The molecular weight excluding hydrogens is 252 g/mol. The van der Waals surface area contributed by atoms with Crippen LogP contribution in [0.3, 0.4) is 0 Å². The molecule has 3 N–H and O–H groups in total. The fraction of sp³-hybridized carbons (Fsp3) is 0.438. The highest BCUT2D eigenvalue weighted by Crippen LogP contribution is 2.13. The number of rotatable bonds is 5. The zero-order chi connectivity index (χ0) is 14.5. The number of phenols is 1. The molecule has 1 atom stereocenters. The molecule has 4 heteroatoms. The van der Waals surface area contributed by atoms with Crippen molar-refractivity contribution in [1.82, 2.24) is 10.6 Å².